The summed E-state index contributed by atoms with van der Waals surface area (Å²) in [4.78, 5) is 27.4. The van der Waals surface area contributed by atoms with Gasteiger partial charge < -0.3 is 33.5 Å². The van der Waals surface area contributed by atoms with E-state index in [1.165, 1.54) is 0 Å². The molecule has 68 heavy (non-hydrogen) atoms. The fourth-order valence-corrected chi connectivity index (χ4v) is 9.87. The number of alkyl halides is 1. The van der Waals surface area contributed by atoms with Crippen molar-refractivity contribution in [1.29, 1.82) is 0 Å². The standard InChI is InChI=1S/C29H31BrO4.C29H32O5/c1-3-25-21(2)26(32-19-22-13-7-4-8-14-22)28(33-20-23-15-9-5-10-16-23)29(30,34-25)27(31)24-17-11-6-12-18-24;1-3-25-21(2)26(32-19-22-13-7-4-8-14-22)28(33-20-23-15-9-5-10-16-23)29(31,34-25)27(30)24-17-11-6-12-18-24/h4-18,21,25-26,28H,3,19-20H2,1-2H3;4-18,21,25-26,28,31H,3,19-20H2,1-2H3/t2*21-,25-,26+,28-,29+/m11/s1. The van der Waals surface area contributed by atoms with Gasteiger partial charge in [0.25, 0.3) is 5.79 Å². The van der Waals surface area contributed by atoms with Gasteiger partial charge >= 0.3 is 0 Å². The highest BCUT2D eigenvalue weighted by Crippen LogP contribution is 2.45. The normalized spacial score (nSPS) is 26.8. The van der Waals surface area contributed by atoms with Crippen LogP contribution in [0, 0.1) is 11.8 Å². The van der Waals surface area contributed by atoms with Crippen molar-refractivity contribution < 1.29 is 43.1 Å². The molecule has 2 saturated heterocycles. The molecule has 0 aromatic heterocycles. The lowest BCUT2D eigenvalue weighted by atomic mass is 9.82. The lowest BCUT2D eigenvalue weighted by Gasteiger charge is -2.49. The lowest BCUT2D eigenvalue weighted by molar-refractivity contribution is -0.326. The van der Waals surface area contributed by atoms with E-state index >= 15 is 0 Å². The summed E-state index contributed by atoms with van der Waals surface area (Å²) in [6.45, 7) is 9.52. The summed E-state index contributed by atoms with van der Waals surface area (Å²) in [5.74, 6) is -2.93. The van der Waals surface area contributed by atoms with Crippen molar-refractivity contribution in [2.24, 2.45) is 11.8 Å². The van der Waals surface area contributed by atoms with Gasteiger partial charge in [0.1, 0.15) is 12.2 Å². The van der Waals surface area contributed by atoms with E-state index in [4.69, 9.17) is 28.4 Å². The second kappa shape index (κ2) is 24.4. The molecule has 10 atom stereocenters. The first-order valence-corrected chi connectivity index (χ1v) is 24.4. The molecule has 0 bridgehead atoms. The molecule has 9 nitrogen and oxygen atoms in total. The lowest BCUT2D eigenvalue weighted by Crippen LogP contribution is -2.66. The van der Waals surface area contributed by atoms with Crippen molar-refractivity contribution in [2.45, 2.75) is 114 Å². The van der Waals surface area contributed by atoms with Gasteiger partial charge in [-0.15, -0.1) is 0 Å². The maximum atomic E-state index is 13.8. The zero-order chi connectivity index (χ0) is 47.9. The number of aliphatic hydroxyl groups is 1. The molecule has 8 rings (SSSR count). The Bertz CT molecular complexity index is 2260. The Hall–Kier alpha value is -5.14. The van der Waals surface area contributed by atoms with Crippen LogP contribution in [0.4, 0.5) is 0 Å². The summed E-state index contributed by atoms with van der Waals surface area (Å²) in [7, 11) is 0. The van der Waals surface area contributed by atoms with Crippen LogP contribution >= 0.6 is 15.9 Å². The molecule has 6 aromatic carbocycles. The van der Waals surface area contributed by atoms with Crippen LogP contribution in [0.1, 0.15) is 83.5 Å². The smallest absolute Gasteiger partial charge is 0.261 e. The van der Waals surface area contributed by atoms with E-state index in [0.717, 1.165) is 28.7 Å². The number of Topliss-reactive ketones (excluding diaryl/α,β-unsaturated/α-hetero) is 2. The summed E-state index contributed by atoms with van der Waals surface area (Å²) in [5, 5.41) is 11.8. The Morgan fingerprint density at radius 3 is 1.16 bits per heavy atom. The molecule has 0 aliphatic carbocycles. The van der Waals surface area contributed by atoms with Crippen LogP contribution in [0.3, 0.4) is 0 Å². The van der Waals surface area contributed by atoms with Crippen LogP contribution in [0.5, 0.6) is 0 Å². The van der Waals surface area contributed by atoms with Crippen LogP contribution < -0.4 is 0 Å². The van der Waals surface area contributed by atoms with Crippen molar-refractivity contribution >= 4 is 27.5 Å². The summed E-state index contributed by atoms with van der Waals surface area (Å²) < 4.78 is 36.9. The summed E-state index contributed by atoms with van der Waals surface area (Å²) in [6, 6.07) is 57.5. The Balaban J connectivity index is 0.000000201. The van der Waals surface area contributed by atoms with Crippen molar-refractivity contribution in [1.82, 2.24) is 0 Å². The first-order chi connectivity index (χ1) is 33.1. The number of carbonyl (C=O) groups excluding carboxylic acids is 2. The number of hydrogen-bond donors (Lipinski definition) is 1. The molecule has 6 aromatic rings. The molecular weight excluding hydrogens is 921 g/mol. The quantitative estimate of drug-likeness (QED) is 0.0665. The first kappa shape index (κ1) is 50.7. The average molecular weight is 984 g/mol. The maximum absolute atomic E-state index is 13.8. The molecular formula is C58H63BrO9. The third-order valence-corrected chi connectivity index (χ3v) is 13.8. The molecule has 0 spiro atoms. The molecule has 2 fully saturated rings. The van der Waals surface area contributed by atoms with Crippen LogP contribution in [0.15, 0.2) is 182 Å². The van der Waals surface area contributed by atoms with Gasteiger partial charge in [-0.25, -0.2) is 0 Å². The van der Waals surface area contributed by atoms with Crippen LogP contribution in [0.2, 0.25) is 0 Å². The predicted octanol–water partition coefficient (Wildman–Crippen LogP) is 11.7. The summed E-state index contributed by atoms with van der Waals surface area (Å²) in [5.41, 5.74) is 4.98. The number of rotatable bonds is 18. The van der Waals surface area contributed by atoms with Crippen LogP contribution in [-0.4, -0.2) is 63.6 Å². The summed E-state index contributed by atoms with van der Waals surface area (Å²) in [6.07, 6.45) is -1.71. The number of ketones is 2. The minimum Gasteiger partial charge on any atom is -0.370 e. The number of carbonyl (C=O) groups is 2. The van der Waals surface area contributed by atoms with E-state index in [2.05, 4.69) is 29.8 Å². The molecule has 356 valence electrons. The third-order valence-electron chi connectivity index (χ3n) is 12.8. The van der Waals surface area contributed by atoms with Crippen molar-refractivity contribution in [3.8, 4) is 0 Å². The zero-order valence-electron chi connectivity index (χ0n) is 39.3. The molecule has 0 radical (unpaired) electrons. The monoisotopic (exact) mass is 982 g/mol. The second-order valence-corrected chi connectivity index (χ2v) is 18.7. The van der Waals surface area contributed by atoms with Crippen molar-refractivity contribution in [3.05, 3.63) is 215 Å². The Morgan fingerprint density at radius 2 is 0.779 bits per heavy atom. The molecule has 0 saturated carbocycles. The highest BCUT2D eigenvalue weighted by Gasteiger charge is 2.59. The molecule has 1 N–H and O–H groups in total. The molecule has 2 aliphatic rings. The largest absolute Gasteiger partial charge is 0.370 e. The predicted molar refractivity (Wildman–Crippen MR) is 267 cm³/mol. The van der Waals surface area contributed by atoms with E-state index in [1.54, 1.807) is 24.3 Å². The second-order valence-electron chi connectivity index (χ2n) is 17.5. The van der Waals surface area contributed by atoms with Gasteiger partial charge in [0.05, 0.1) is 50.8 Å². The van der Waals surface area contributed by atoms with Gasteiger partial charge in [0, 0.05) is 23.0 Å². The van der Waals surface area contributed by atoms with E-state index in [9.17, 15) is 14.7 Å². The van der Waals surface area contributed by atoms with Crippen LogP contribution in [0.25, 0.3) is 0 Å². The van der Waals surface area contributed by atoms with Gasteiger partial charge in [-0.3, -0.25) is 9.59 Å². The van der Waals surface area contributed by atoms with Gasteiger partial charge in [-0.05, 0) is 51.0 Å². The number of halogens is 1. The topological polar surface area (TPSA) is 110 Å². The zero-order valence-corrected chi connectivity index (χ0v) is 40.9. The van der Waals surface area contributed by atoms with Gasteiger partial charge in [0.15, 0.2) is 0 Å². The fraction of sp³-hybridized carbons (Fsp3) is 0.345. The molecule has 0 unspecified atom stereocenters. The minimum absolute atomic E-state index is 0.0312. The van der Waals surface area contributed by atoms with Gasteiger partial charge in [0.2, 0.25) is 16.1 Å². The molecule has 10 heteroatoms. The number of ether oxygens (including phenoxy) is 6. The molecule has 2 heterocycles. The Labute approximate surface area is 409 Å². The van der Waals surface area contributed by atoms with E-state index in [0.29, 0.717) is 37.4 Å². The van der Waals surface area contributed by atoms with Gasteiger partial charge in [-0.2, -0.15) is 0 Å². The highest BCUT2D eigenvalue weighted by atomic mass is 79.9. The van der Waals surface area contributed by atoms with E-state index in [1.807, 2.05) is 172 Å². The van der Waals surface area contributed by atoms with Crippen molar-refractivity contribution in [2.75, 3.05) is 0 Å². The van der Waals surface area contributed by atoms with Gasteiger partial charge in [-0.1, -0.05) is 210 Å². The molecule has 2 aliphatic heterocycles. The SMILES string of the molecule is CC[C@H]1O[C@@](Br)(C(=O)c2ccccc2)[C@H](OCc2ccccc2)[C@@H](OCc2ccccc2)[C@@H]1C.CC[C@H]1O[C@@](O)(C(=O)c2ccccc2)[C@H](OCc2ccccc2)[C@@H](OCc2ccccc2)[C@@H]1C. The Morgan fingerprint density at radius 1 is 0.471 bits per heavy atom. The van der Waals surface area contributed by atoms with Crippen LogP contribution in [-0.2, 0) is 54.8 Å². The molecule has 0 amide bonds. The fourth-order valence-electron chi connectivity index (χ4n) is 9.01. The Kier molecular flexibility index (Phi) is 18.2. The maximum Gasteiger partial charge on any atom is 0.261 e. The number of benzene rings is 6. The third kappa shape index (κ3) is 12.4. The highest BCUT2D eigenvalue weighted by molar-refractivity contribution is 9.10. The van der Waals surface area contributed by atoms with Crippen molar-refractivity contribution in [3.63, 3.8) is 0 Å². The minimum atomic E-state index is -2.18. The average Bonchev–Trinajstić information content (AvgIpc) is 3.39. The first-order valence-electron chi connectivity index (χ1n) is 23.6. The van der Waals surface area contributed by atoms with E-state index < -0.39 is 34.4 Å². The van der Waals surface area contributed by atoms with E-state index in [-0.39, 0.29) is 42.5 Å². The summed E-state index contributed by atoms with van der Waals surface area (Å²) >= 11 is 3.74. The number of hydrogen-bond acceptors (Lipinski definition) is 9.